The molecule has 0 aromatic heterocycles. The average molecular weight is 226 g/mol. The highest BCUT2D eigenvalue weighted by molar-refractivity contribution is 4.94. The van der Waals surface area contributed by atoms with E-state index in [1.165, 1.54) is 19.5 Å². The second-order valence-electron chi connectivity index (χ2n) is 6.32. The molecule has 0 unspecified atom stereocenters. The number of hydrogen-bond acceptors (Lipinski definition) is 2. The number of nitrogens with zero attached hydrogens (tertiary/aromatic N) is 2. The predicted molar refractivity (Wildman–Crippen MR) is 71.8 cm³/mol. The largest absolute Gasteiger partial charge is 0.298 e. The molecule has 0 saturated carbocycles. The Labute approximate surface area is 102 Å². The molecule has 1 aliphatic heterocycles. The lowest BCUT2D eigenvalue weighted by Gasteiger charge is -2.52. The molecule has 2 atom stereocenters. The summed E-state index contributed by atoms with van der Waals surface area (Å²) in [6.07, 6.45) is 1.23. The van der Waals surface area contributed by atoms with Gasteiger partial charge >= 0.3 is 0 Å². The molecule has 1 aliphatic rings. The maximum absolute atomic E-state index is 2.71. The fourth-order valence-corrected chi connectivity index (χ4v) is 3.16. The van der Waals surface area contributed by atoms with E-state index in [4.69, 9.17) is 0 Å². The van der Waals surface area contributed by atoms with Gasteiger partial charge in [0.1, 0.15) is 0 Å². The molecular formula is C14H30N2. The van der Waals surface area contributed by atoms with E-state index in [-0.39, 0.29) is 0 Å². The van der Waals surface area contributed by atoms with Gasteiger partial charge in [0.2, 0.25) is 0 Å². The van der Waals surface area contributed by atoms with Crippen molar-refractivity contribution in [1.29, 1.82) is 0 Å². The van der Waals surface area contributed by atoms with E-state index in [1.807, 2.05) is 0 Å². The molecule has 1 saturated heterocycles. The minimum atomic E-state index is 0.335. The van der Waals surface area contributed by atoms with E-state index in [2.05, 4.69) is 58.3 Å². The van der Waals surface area contributed by atoms with Crippen LogP contribution in [-0.4, -0.2) is 46.6 Å². The van der Waals surface area contributed by atoms with Gasteiger partial charge in [0.05, 0.1) is 0 Å². The minimum Gasteiger partial charge on any atom is -0.298 e. The van der Waals surface area contributed by atoms with Crippen molar-refractivity contribution < 1.29 is 0 Å². The highest BCUT2D eigenvalue weighted by Gasteiger charge is 2.38. The summed E-state index contributed by atoms with van der Waals surface area (Å²) in [7, 11) is 0. The minimum absolute atomic E-state index is 0.335. The van der Waals surface area contributed by atoms with Crippen molar-refractivity contribution in [2.45, 2.75) is 78.6 Å². The first-order valence-electron chi connectivity index (χ1n) is 6.82. The van der Waals surface area contributed by atoms with Crippen LogP contribution in [0.5, 0.6) is 0 Å². The molecular weight excluding hydrogens is 196 g/mol. The van der Waals surface area contributed by atoms with Crippen LogP contribution < -0.4 is 0 Å². The summed E-state index contributed by atoms with van der Waals surface area (Å²) >= 11 is 0. The number of piperazine rings is 1. The van der Waals surface area contributed by atoms with Crippen LogP contribution in [-0.2, 0) is 0 Å². The third-order valence-corrected chi connectivity index (χ3v) is 4.24. The van der Waals surface area contributed by atoms with Crippen molar-refractivity contribution in [2.24, 2.45) is 0 Å². The smallest absolute Gasteiger partial charge is 0.0203 e. The Kier molecular flexibility index (Phi) is 4.42. The Morgan fingerprint density at radius 2 is 1.56 bits per heavy atom. The predicted octanol–water partition coefficient (Wildman–Crippen LogP) is 2.98. The molecule has 0 amide bonds. The van der Waals surface area contributed by atoms with Gasteiger partial charge in [-0.3, -0.25) is 9.80 Å². The fraction of sp³-hybridized carbons (Fsp3) is 1.00. The first kappa shape index (κ1) is 14.0. The summed E-state index contributed by atoms with van der Waals surface area (Å²) in [6, 6.07) is 2.01. The lowest BCUT2D eigenvalue weighted by Crippen LogP contribution is -2.64. The molecule has 2 heteroatoms. The van der Waals surface area contributed by atoms with E-state index in [0.29, 0.717) is 23.7 Å². The van der Waals surface area contributed by atoms with Gasteiger partial charge in [-0.05, 0) is 48.0 Å². The average Bonchev–Trinajstić information content (AvgIpc) is 2.16. The van der Waals surface area contributed by atoms with Gasteiger partial charge in [-0.1, -0.05) is 6.92 Å². The van der Waals surface area contributed by atoms with E-state index < -0.39 is 0 Å². The van der Waals surface area contributed by atoms with Crippen molar-refractivity contribution in [2.75, 3.05) is 13.1 Å². The van der Waals surface area contributed by atoms with Gasteiger partial charge in [0.15, 0.2) is 0 Å². The van der Waals surface area contributed by atoms with Crippen LogP contribution in [0.3, 0.4) is 0 Å². The van der Waals surface area contributed by atoms with E-state index in [0.717, 1.165) is 0 Å². The summed E-state index contributed by atoms with van der Waals surface area (Å²) in [4.78, 5) is 5.32. The lowest BCUT2D eigenvalue weighted by molar-refractivity contribution is -0.0401. The van der Waals surface area contributed by atoms with E-state index in [1.54, 1.807) is 0 Å². The molecule has 0 aliphatic carbocycles. The zero-order valence-electron chi connectivity index (χ0n) is 12.2. The van der Waals surface area contributed by atoms with Gasteiger partial charge in [-0.15, -0.1) is 0 Å². The summed E-state index contributed by atoms with van der Waals surface area (Å²) in [5.41, 5.74) is 0.335. The molecule has 0 aromatic rings. The highest BCUT2D eigenvalue weighted by atomic mass is 15.3. The Morgan fingerprint density at radius 3 is 1.88 bits per heavy atom. The number of hydrogen-bond donors (Lipinski definition) is 0. The molecule has 0 bridgehead atoms. The van der Waals surface area contributed by atoms with Gasteiger partial charge in [-0.2, -0.15) is 0 Å². The van der Waals surface area contributed by atoms with Crippen LogP contribution in [0.4, 0.5) is 0 Å². The van der Waals surface area contributed by atoms with Crippen molar-refractivity contribution in [3.05, 3.63) is 0 Å². The highest BCUT2D eigenvalue weighted by Crippen LogP contribution is 2.28. The summed E-state index contributed by atoms with van der Waals surface area (Å²) < 4.78 is 0. The van der Waals surface area contributed by atoms with Crippen molar-refractivity contribution >= 4 is 0 Å². The fourth-order valence-electron chi connectivity index (χ4n) is 3.16. The number of rotatable bonds is 3. The third-order valence-electron chi connectivity index (χ3n) is 4.24. The van der Waals surface area contributed by atoms with Crippen molar-refractivity contribution in [1.82, 2.24) is 9.80 Å². The standard InChI is InChI=1S/C14H30N2/c1-8-14(6,7)16-12(4)9-15(11(2)3)10-13(16)5/h11-13H,8-10H2,1-7H3/t12-,13+. The molecule has 1 fully saturated rings. The van der Waals surface area contributed by atoms with Crippen LogP contribution in [0.1, 0.15) is 54.9 Å². The molecule has 16 heavy (non-hydrogen) atoms. The van der Waals surface area contributed by atoms with Gasteiger partial charge in [0.25, 0.3) is 0 Å². The molecule has 0 spiro atoms. The maximum atomic E-state index is 2.71. The lowest BCUT2D eigenvalue weighted by atomic mass is 9.92. The SMILES string of the molecule is CCC(C)(C)N1[C@H](C)CN(C(C)C)C[C@@H]1C. The summed E-state index contributed by atoms with van der Waals surface area (Å²) in [5.74, 6) is 0. The monoisotopic (exact) mass is 226 g/mol. The zero-order valence-corrected chi connectivity index (χ0v) is 12.2. The van der Waals surface area contributed by atoms with Gasteiger partial charge in [-0.25, -0.2) is 0 Å². The topological polar surface area (TPSA) is 6.48 Å². The first-order valence-corrected chi connectivity index (χ1v) is 6.82. The maximum Gasteiger partial charge on any atom is 0.0203 e. The zero-order chi connectivity index (χ0) is 12.5. The molecule has 1 rings (SSSR count). The third kappa shape index (κ3) is 2.78. The van der Waals surface area contributed by atoms with E-state index >= 15 is 0 Å². The Bertz CT molecular complexity index is 211. The molecule has 0 radical (unpaired) electrons. The van der Waals surface area contributed by atoms with Crippen LogP contribution in [0, 0.1) is 0 Å². The quantitative estimate of drug-likeness (QED) is 0.730. The second kappa shape index (κ2) is 5.05. The van der Waals surface area contributed by atoms with Crippen molar-refractivity contribution in [3.63, 3.8) is 0 Å². The Balaban J connectivity index is 2.77. The summed E-state index contributed by atoms with van der Waals surface area (Å²) in [6.45, 7) is 18.9. The normalized spacial score (nSPS) is 30.0. The van der Waals surface area contributed by atoms with E-state index in [9.17, 15) is 0 Å². The Hall–Kier alpha value is -0.0800. The molecule has 1 heterocycles. The van der Waals surface area contributed by atoms with Crippen LogP contribution in [0.15, 0.2) is 0 Å². The molecule has 2 nitrogen and oxygen atoms in total. The van der Waals surface area contributed by atoms with Crippen LogP contribution in [0.25, 0.3) is 0 Å². The first-order chi connectivity index (χ1) is 7.29. The summed E-state index contributed by atoms with van der Waals surface area (Å²) in [5, 5.41) is 0. The molecule has 0 aromatic carbocycles. The van der Waals surface area contributed by atoms with Gasteiger partial charge < -0.3 is 0 Å². The molecule has 0 N–H and O–H groups in total. The second-order valence-corrected chi connectivity index (χ2v) is 6.32. The van der Waals surface area contributed by atoms with Gasteiger partial charge in [0, 0.05) is 36.8 Å². The molecule has 96 valence electrons. The van der Waals surface area contributed by atoms with Crippen LogP contribution >= 0.6 is 0 Å². The van der Waals surface area contributed by atoms with Crippen molar-refractivity contribution in [3.8, 4) is 0 Å². The Morgan fingerprint density at radius 1 is 1.12 bits per heavy atom. The van der Waals surface area contributed by atoms with Crippen LogP contribution in [0.2, 0.25) is 0 Å².